The van der Waals surface area contributed by atoms with Crippen LogP contribution in [0.3, 0.4) is 0 Å². The number of fused-ring (bicyclic) bond motifs is 1. The average molecular weight is 432 g/mol. The van der Waals surface area contributed by atoms with Crippen LogP contribution < -0.4 is 19.5 Å². The first-order chi connectivity index (χ1) is 14.9. The summed E-state index contributed by atoms with van der Waals surface area (Å²) >= 11 is 0. The molecular formula is C22H33N5O4. The minimum absolute atomic E-state index is 0.0128. The van der Waals surface area contributed by atoms with E-state index in [1.165, 1.54) is 0 Å². The van der Waals surface area contributed by atoms with Crippen molar-refractivity contribution in [1.29, 1.82) is 0 Å². The van der Waals surface area contributed by atoms with E-state index in [2.05, 4.69) is 25.0 Å². The standard InChI is InChI=1S/C22H33N5O4/c1-14(2)22(28)23-15(3)21-25-24-20-7-8-26(9-10-27(20)21)13-17-18(30-5)11-16(29-4)12-19(17)31-6/h11-12,14-15H,7-10,13H2,1-6H3,(H,23,28)/t15-/m1/s1. The highest BCUT2D eigenvalue weighted by atomic mass is 16.5. The molecule has 0 saturated heterocycles. The van der Waals surface area contributed by atoms with Crippen LogP contribution >= 0.6 is 0 Å². The van der Waals surface area contributed by atoms with Crippen molar-refractivity contribution in [2.24, 2.45) is 5.92 Å². The summed E-state index contributed by atoms with van der Waals surface area (Å²) < 4.78 is 18.7. The molecule has 0 fully saturated rings. The molecule has 170 valence electrons. The van der Waals surface area contributed by atoms with Crippen molar-refractivity contribution in [3.8, 4) is 17.2 Å². The van der Waals surface area contributed by atoms with Gasteiger partial charge in [-0.1, -0.05) is 13.8 Å². The summed E-state index contributed by atoms with van der Waals surface area (Å²) in [5.41, 5.74) is 0.987. The predicted octanol–water partition coefficient (Wildman–Crippen LogP) is 2.20. The Kier molecular flexibility index (Phi) is 7.37. The minimum Gasteiger partial charge on any atom is -0.496 e. The van der Waals surface area contributed by atoms with Crippen LogP contribution in [0.5, 0.6) is 17.2 Å². The van der Waals surface area contributed by atoms with E-state index in [1.807, 2.05) is 32.9 Å². The summed E-state index contributed by atoms with van der Waals surface area (Å²) in [6.07, 6.45) is 0.776. The lowest BCUT2D eigenvalue weighted by Crippen LogP contribution is -2.32. The lowest BCUT2D eigenvalue weighted by molar-refractivity contribution is -0.124. The molecule has 3 rings (SSSR count). The SMILES string of the molecule is COc1cc(OC)c(CN2CCc3nnc([C@@H](C)NC(=O)C(C)C)n3CC2)c(OC)c1. The first kappa shape index (κ1) is 22.9. The van der Waals surface area contributed by atoms with Gasteiger partial charge >= 0.3 is 0 Å². The maximum Gasteiger partial charge on any atom is 0.223 e. The maximum absolute atomic E-state index is 12.1. The number of benzene rings is 1. The fraction of sp³-hybridized carbons (Fsp3) is 0.591. The third-order valence-corrected chi connectivity index (χ3v) is 5.62. The summed E-state index contributed by atoms with van der Waals surface area (Å²) in [4.78, 5) is 14.4. The zero-order valence-electron chi connectivity index (χ0n) is 19.3. The molecule has 0 aliphatic carbocycles. The van der Waals surface area contributed by atoms with E-state index in [1.54, 1.807) is 21.3 Å². The molecule has 1 aliphatic heterocycles. The molecule has 1 N–H and O–H groups in total. The van der Waals surface area contributed by atoms with E-state index >= 15 is 0 Å². The lowest BCUT2D eigenvalue weighted by atomic mass is 10.1. The van der Waals surface area contributed by atoms with Crippen LogP contribution in [0.25, 0.3) is 0 Å². The number of nitrogens with one attached hydrogen (secondary N) is 1. The normalized spacial score (nSPS) is 15.2. The number of carbonyl (C=O) groups is 1. The number of amides is 1. The molecule has 1 aliphatic rings. The van der Waals surface area contributed by atoms with Gasteiger partial charge in [-0.25, -0.2) is 0 Å². The van der Waals surface area contributed by atoms with Crippen molar-refractivity contribution in [1.82, 2.24) is 25.0 Å². The second-order valence-electron chi connectivity index (χ2n) is 8.05. The summed E-state index contributed by atoms with van der Waals surface area (Å²) in [5, 5.41) is 11.8. The van der Waals surface area contributed by atoms with Gasteiger partial charge in [0, 0.05) is 50.7 Å². The number of methoxy groups -OCH3 is 3. The summed E-state index contributed by atoms with van der Waals surface area (Å²) in [5.74, 6) is 3.86. The van der Waals surface area contributed by atoms with Crippen LogP contribution in [0.4, 0.5) is 0 Å². The molecule has 1 aromatic heterocycles. The molecule has 31 heavy (non-hydrogen) atoms. The van der Waals surface area contributed by atoms with Crippen molar-refractivity contribution < 1.29 is 19.0 Å². The Balaban J connectivity index is 1.75. The van der Waals surface area contributed by atoms with Gasteiger partial charge in [0.1, 0.15) is 23.1 Å². The average Bonchev–Trinajstić information content (AvgIpc) is 3.07. The minimum atomic E-state index is -0.190. The van der Waals surface area contributed by atoms with Crippen LogP contribution in [0, 0.1) is 5.92 Å². The van der Waals surface area contributed by atoms with Gasteiger partial charge in [0.2, 0.25) is 5.91 Å². The maximum atomic E-state index is 12.1. The Bertz CT molecular complexity index is 886. The Labute approximate surface area is 183 Å². The van der Waals surface area contributed by atoms with Gasteiger partial charge in [-0.05, 0) is 6.92 Å². The fourth-order valence-corrected chi connectivity index (χ4v) is 3.77. The third-order valence-electron chi connectivity index (χ3n) is 5.62. The second-order valence-corrected chi connectivity index (χ2v) is 8.05. The van der Waals surface area contributed by atoms with Gasteiger partial charge in [0.05, 0.1) is 32.9 Å². The Morgan fingerprint density at radius 3 is 2.29 bits per heavy atom. The number of carbonyl (C=O) groups excluding carboxylic acids is 1. The molecule has 0 radical (unpaired) electrons. The monoisotopic (exact) mass is 431 g/mol. The van der Waals surface area contributed by atoms with Crippen molar-refractivity contribution in [2.45, 2.75) is 46.3 Å². The Morgan fingerprint density at radius 1 is 1.03 bits per heavy atom. The highest BCUT2D eigenvalue weighted by molar-refractivity contribution is 5.78. The van der Waals surface area contributed by atoms with Crippen molar-refractivity contribution in [2.75, 3.05) is 34.4 Å². The second kappa shape index (κ2) is 10.00. The molecule has 1 aromatic carbocycles. The van der Waals surface area contributed by atoms with Crippen LogP contribution in [-0.4, -0.2) is 60.0 Å². The highest BCUT2D eigenvalue weighted by Crippen LogP contribution is 2.35. The van der Waals surface area contributed by atoms with Crippen molar-refractivity contribution >= 4 is 5.91 Å². The van der Waals surface area contributed by atoms with Crippen LogP contribution in [0.2, 0.25) is 0 Å². The molecule has 0 saturated carbocycles. The lowest BCUT2D eigenvalue weighted by Gasteiger charge is -2.23. The number of nitrogens with zero attached hydrogens (tertiary/aromatic N) is 4. The van der Waals surface area contributed by atoms with Gasteiger partial charge in [-0.3, -0.25) is 9.69 Å². The topological polar surface area (TPSA) is 90.7 Å². The van der Waals surface area contributed by atoms with Gasteiger partial charge in [0.25, 0.3) is 0 Å². The summed E-state index contributed by atoms with van der Waals surface area (Å²) in [7, 11) is 4.93. The number of ether oxygens (including phenoxy) is 3. The van der Waals surface area contributed by atoms with E-state index in [9.17, 15) is 4.79 Å². The fourth-order valence-electron chi connectivity index (χ4n) is 3.77. The molecule has 0 spiro atoms. The van der Waals surface area contributed by atoms with Crippen LogP contribution in [0.15, 0.2) is 12.1 Å². The van der Waals surface area contributed by atoms with Crippen molar-refractivity contribution in [3.05, 3.63) is 29.3 Å². The molecular weight excluding hydrogens is 398 g/mol. The third kappa shape index (κ3) is 5.10. The van der Waals surface area contributed by atoms with E-state index < -0.39 is 0 Å². The summed E-state index contributed by atoms with van der Waals surface area (Å²) in [6, 6.07) is 3.56. The van der Waals surface area contributed by atoms with Crippen LogP contribution in [-0.2, 0) is 24.3 Å². The molecule has 1 amide bonds. The number of hydrogen-bond acceptors (Lipinski definition) is 7. The Morgan fingerprint density at radius 2 is 1.71 bits per heavy atom. The summed E-state index contributed by atoms with van der Waals surface area (Å²) in [6.45, 7) is 8.81. The van der Waals surface area contributed by atoms with Crippen molar-refractivity contribution in [3.63, 3.8) is 0 Å². The predicted molar refractivity (Wildman–Crippen MR) is 116 cm³/mol. The largest absolute Gasteiger partial charge is 0.496 e. The zero-order chi connectivity index (χ0) is 22.5. The molecule has 2 heterocycles. The molecule has 0 bridgehead atoms. The van der Waals surface area contributed by atoms with E-state index in [-0.39, 0.29) is 17.9 Å². The van der Waals surface area contributed by atoms with Crippen LogP contribution in [0.1, 0.15) is 44.0 Å². The quantitative estimate of drug-likeness (QED) is 0.685. The molecule has 9 heteroatoms. The number of aromatic nitrogens is 3. The van der Waals surface area contributed by atoms with Gasteiger partial charge in [0.15, 0.2) is 5.82 Å². The number of hydrogen-bond donors (Lipinski definition) is 1. The molecule has 9 nitrogen and oxygen atoms in total. The van der Waals surface area contributed by atoms with E-state index in [0.29, 0.717) is 12.3 Å². The van der Waals surface area contributed by atoms with Gasteiger partial charge in [-0.2, -0.15) is 0 Å². The first-order valence-electron chi connectivity index (χ1n) is 10.6. The smallest absolute Gasteiger partial charge is 0.223 e. The number of rotatable bonds is 8. The molecule has 1 atom stereocenters. The zero-order valence-corrected chi connectivity index (χ0v) is 19.3. The van der Waals surface area contributed by atoms with E-state index in [4.69, 9.17) is 14.2 Å². The molecule has 0 unspecified atom stereocenters. The Hall–Kier alpha value is -2.81. The first-order valence-corrected chi connectivity index (χ1v) is 10.6. The van der Waals surface area contributed by atoms with Gasteiger partial charge < -0.3 is 24.1 Å². The van der Waals surface area contributed by atoms with Gasteiger partial charge in [-0.15, -0.1) is 10.2 Å². The highest BCUT2D eigenvalue weighted by Gasteiger charge is 2.24. The van der Waals surface area contributed by atoms with E-state index in [0.717, 1.165) is 54.8 Å². The molecule has 2 aromatic rings.